The zero-order chi connectivity index (χ0) is 13.8. The van der Waals surface area contributed by atoms with E-state index in [0.717, 1.165) is 0 Å². The Balaban J connectivity index is 2.60. The van der Waals surface area contributed by atoms with Crippen LogP contribution in [0.3, 0.4) is 0 Å². The summed E-state index contributed by atoms with van der Waals surface area (Å²) < 4.78 is 4.98. The first kappa shape index (κ1) is 12.7. The molecule has 1 aromatic carbocycles. The lowest BCUT2D eigenvalue weighted by atomic mass is 10.0. The summed E-state index contributed by atoms with van der Waals surface area (Å²) >= 11 is 0. The van der Waals surface area contributed by atoms with Gasteiger partial charge in [0.25, 0.3) is 5.69 Å². The van der Waals surface area contributed by atoms with Gasteiger partial charge in [-0.3, -0.25) is 14.9 Å². The summed E-state index contributed by atoms with van der Waals surface area (Å²) in [5.74, 6) is 0.367. The Bertz CT molecular complexity index is 640. The molecule has 6 heteroatoms. The molecule has 0 N–H and O–H groups in total. The highest BCUT2D eigenvalue weighted by molar-refractivity contribution is 5.82. The summed E-state index contributed by atoms with van der Waals surface area (Å²) in [7, 11) is 1.47. The van der Waals surface area contributed by atoms with Crippen molar-refractivity contribution in [2.45, 2.75) is 0 Å². The first-order chi connectivity index (χ1) is 9.15. The first-order valence-corrected chi connectivity index (χ1v) is 5.39. The van der Waals surface area contributed by atoms with Gasteiger partial charge in [0.1, 0.15) is 6.29 Å². The fourth-order valence-corrected chi connectivity index (χ4v) is 1.71. The number of carbonyl (C=O) groups is 1. The van der Waals surface area contributed by atoms with Crippen LogP contribution in [0.25, 0.3) is 11.1 Å². The van der Waals surface area contributed by atoms with Crippen molar-refractivity contribution in [1.29, 1.82) is 0 Å². The van der Waals surface area contributed by atoms with E-state index in [1.54, 1.807) is 12.1 Å². The number of hydrogen-bond donors (Lipinski definition) is 0. The van der Waals surface area contributed by atoms with Gasteiger partial charge in [0.2, 0.25) is 5.88 Å². The smallest absolute Gasteiger partial charge is 0.277 e. The molecule has 0 aliphatic heterocycles. The molecule has 96 valence electrons. The van der Waals surface area contributed by atoms with Gasteiger partial charge in [0.05, 0.1) is 17.6 Å². The predicted molar refractivity (Wildman–Crippen MR) is 68.3 cm³/mol. The van der Waals surface area contributed by atoms with Gasteiger partial charge in [-0.25, -0.2) is 4.98 Å². The molecule has 1 aromatic heterocycles. The van der Waals surface area contributed by atoms with Crippen molar-refractivity contribution < 1.29 is 14.5 Å². The van der Waals surface area contributed by atoms with Crippen LogP contribution in [0.4, 0.5) is 5.69 Å². The zero-order valence-electron chi connectivity index (χ0n) is 10.1. The van der Waals surface area contributed by atoms with Crippen LogP contribution in [0.1, 0.15) is 10.4 Å². The Labute approximate surface area is 108 Å². The maximum Gasteiger partial charge on any atom is 0.277 e. The molecule has 0 bridgehead atoms. The topological polar surface area (TPSA) is 82.3 Å². The summed E-state index contributed by atoms with van der Waals surface area (Å²) in [4.78, 5) is 25.2. The van der Waals surface area contributed by atoms with Crippen LogP contribution in [-0.2, 0) is 0 Å². The SMILES string of the molecule is COc1cc(-c2ccc(C=O)cc2[N+](=O)[O-])ccn1. The van der Waals surface area contributed by atoms with Crippen molar-refractivity contribution in [2.24, 2.45) is 0 Å². The van der Waals surface area contributed by atoms with Gasteiger partial charge in [-0.2, -0.15) is 0 Å². The maximum atomic E-state index is 11.1. The van der Waals surface area contributed by atoms with Crippen molar-refractivity contribution >= 4 is 12.0 Å². The van der Waals surface area contributed by atoms with E-state index in [0.29, 0.717) is 23.3 Å². The van der Waals surface area contributed by atoms with E-state index in [-0.39, 0.29) is 11.3 Å². The Morgan fingerprint density at radius 2 is 2.11 bits per heavy atom. The van der Waals surface area contributed by atoms with Gasteiger partial charge in [0.15, 0.2) is 0 Å². The molecule has 19 heavy (non-hydrogen) atoms. The molecule has 0 amide bonds. The van der Waals surface area contributed by atoms with Crippen molar-refractivity contribution in [3.63, 3.8) is 0 Å². The summed E-state index contributed by atoms with van der Waals surface area (Å²) in [6.07, 6.45) is 2.08. The van der Waals surface area contributed by atoms with Crippen molar-refractivity contribution in [3.8, 4) is 17.0 Å². The monoisotopic (exact) mass is 258 g/mol. The number of nitro benzene ring substituents is 1. The third-order valence-corrected chi connectivity index (χ3v) is 2.61. The number of carbonyl (C=O) groups excluding carboxylic acids is 1. The summed E-state index contributed by atoms with van der Waals surface area (Å²) in [6.45, 7) is 0. The lowest BCUT2D eigenvalue weighted by Crippen LogP contribution is -1.95. The molecule has 0 saturated carbocycles. The third kappa shape index (κ3) is 2.57. The molecular weight excluding hydrogens is 248 g/mol. The predicted octanol–water partition coefficient (Wildman–Crippen LogP) is 2.48. The minimum absolute atomic E-state index is 0.127. The van der Waals surface area contributed by atoms with Crippen molar-refractivity contribution in [1.82, 2.24) is 4.98 Å². The number of benzene rings is 1. The third-order valence-electron chi connectivity index (χ3n) is 2.61. The van der Waals surface area contributed by atoms with Gasteiger partial charge in [-0.15, -0.1) is 0 Å². The lowest BCUT2D eigenvalue weighted by Gasteiger charge is -2.05. The molecular formula is C13H10N2O4. The van der Waals surface area contributed by atoms with Gasteiger partial charge >= 0.3 is 0 Å². The molecule has 0 saturated heterocycles. The van der Waals surface area contributed by atoms with E-state index >= 15 is 0 Å². The second-order valence-electron chi connectivity index (χ2n) is 3.74. The molecule has 0 unspecified atom stereocenters. The number of aromatic nitrogens is 1. The summed E-state index contributed by atoms with van der Waals surface area (Å²) in [5, 5.41) is 11.1. The number of nitrogens with zero attached hydrogens (tertiary/aromatic N) is 2. The van der Waals surface area contributed by atoms with Crippen LogP contribution >= 0.6 is 0 Å². The van der Waals surface area contributed by atoms with Crippen LogP contribution in [-0.4, -0.2) is 23.3 Å². The van der Waals surface area contributed by atoms with Crippen LogP contribution in [0, 0.1) is 10.1 Å². The molecule has 0 aliphatic carbocycles. The highest BCUT2D eigenvalue weighted by Crippen LogP contribution is 2.31. The van der Waals surface area contributed by atoms with Crippen LogP contribution in [0.2, 0.25) is 0 Å². The van der Waals surface area contributed by atoms with Crippen molar-refractivity contribution in [2.75, 3.05) is 7.11 Å². The molecule has 2 aromatic rings. The molecule has 1 heterocycles. The molecule has 6 nitrogen and oxygen atoms in total. The van der Waals surface area contributed by atoms with E-state index < -0.39 is 4.92 Å². The fourth-order valence-electron chi connectivity index (χ4n) is 1.71. The number of pyridine rings is 1. The maximum absolute atomic E-state index is 11.1. The van der Waals surface area contributed by atoms with Gasteiger partial charge in [0, 0.05) is 23.9 Å². The number of nitro groups is 1. The first-order valence-electron chi connectivity index (χ1n) is 5.39. The standard InChI is InChI=1S/C13H10N2O4/c1-19-13-7-10(4-5-14-13)11-3-2-9(8-16)6-12(11)15(17)18/h2-8H,1H3. The van der Waals surface area contributed by atoms with E-state index in [9.17, 15) is 14.9 Å². The molecule has 2 rings (SSSR count). The van der Waals surface area contributed by atoms with Crippen LogP contribution in [0.15, 0.2) is 36.5 Å². The van der Waals surface area contributed by atoms with Gasteiger partial charge < -0.3 is 4.74 Å². The van der Waals surface area contributed by atoms with Gasteiger partial charge in [-0.05, 0) is 17.7 Å². The van der Waals surface area contributed by atoms with Gasteiger partial charge in [-0.1, -0.05) is 6.07 Å². The highest BCUT2D eigenvalue weighted by Gasteiger charge is 2.16. The minimum atomic E-state index is -0.519. The average molecular weight is 258 g/mol. The van der Waals surface area contributed by atoms with E-state index in [1.807, 2.05) is 0 Å². The van der Waals surface area contributed by atoms with Crippen LogP contribution in [0.5, 0.6) is 5.88 Å². The molecule has 0 radical (unpaired) electrons. The Kier molecular flexibility index (Phi) is 3.51. The van der Waals surface area contributed by atoms with E-state index in [2.05, 4.69) is 4.98 Å². The number of hydrogen-bond acceptors (Lipinski definition) is 5. The Morgan fingerprint density at radius 3 is 2.74 bits per heavy atom. The molecule has 0 spiro atoms. The summed E-state index contributed by atoms with van der Waals surface area (Å²) in [5.41, 5.74) is 1.15. The number of methoxy groups -OCH3 is 1. The van der Waals surface area contributed by atoms with E-state index in [1.165, 1.54) is 31.5 Å². The Hall–Kier alpha value is -2.76. The molecule has 0 atom stereocenters. The Morgan fingerprint density at radius 1 is 1.32 bits per heavy atom. The normalized spacial score (nSPS) is 9.95. The van der Waals surface area contributed by atoms with Crippen LogP contribution < -0.4 is 4.74 Å². The molecule has 0 aliphatic rings. The lowest BCUT2D eigenvalue weighted by molar-refractivity contribution is -0.384. The fraction of sp³-hybridized carbons (Fsp3) is 0.0769. The zero-order valence-corrected chi connectivity index (χ0v) is 10.1. The summed E-state index contributed by atoms with van der Waals surface area (Å²) in [6, 6.07) is 7.56. The number of ether oxygens (including phenoxy) is 1. The average Bonchev–Trinajstić information content (AvgIpc) is 2.46. The number of rotatable bonds is 4. The second-order valence-corrected chi connectivity index (χ2v) is 3.74. The largest absolute Gasteiger partial charge is 0.481 e. The minimum Gasteiger partial charge on any atom is -0.481 e. The van der Waals surface area contributed by atoms with E-state index in [4.69, 9.17) is 4.74 Å². The molecule has 0 fully saturated rings. The van der Waals surface area contributed by atoms with Crippen molar-refractivity contribution in [3.05, 3.63) is 52.2 Å². The quantitative estimate of drug-likeness (QED) is 0.478. The number of aldehydes is 1. The highest BCUT2D eigenvalue weighted by atomic mass is 16.6. The second kappa shape index (κ2) is 5.26.